The maximum Gasteiger partial charge on any atom is 0.339 e. The molecule has 0 aromatic heterocycles. The molecule has 4 atom stereocenters. The summed E-state index contributed by atoms with van der Waals surface area (Å²) in [5.41, 5.74) is 3.29. The molecule has 2 aromatic rings. The van der Waals surface area contributed by atoms with Crippen LogP contribution in [0.15, 0.2) is 60.7 Å². The number of nitrogens with zero attached hydrogens (tertiary/aromatic N) is 4. The Morgan fingerprint density at radius 3 is 1.62 bits per heavy atom. The number of aliphatic hydroxyl groups is 3. The number of likely N-dealkylation sites (tertiary alicyclic amines) is 2. The maximum atomic E-state index is 12.2. The monoisotopic (exact) mass is 898 g/mol. The normalized spacial score (nSPS) is 18.1. The van der Waals surface area contributed by atoms with Crippen LogP contribution in [-0.2, 0) is 19.2 Å². The van der Waals surface area contributed by atoms with E-state index in [1.54, 1.807) is 32.9 Å². The van der Waals surface area contributed by atoms with Crippen LogP contribution in [0.3, 0.4) is 0 Å². The first kappa shape index (κ1) is 56.6. The molecule has 356 valence electrons. The molecule has 2 aromatic carbocycles. The van der Waals surface area contributed by atoms with Gasteiger partial charge in [-0.05, 0) is 98.3 Å². The number of aliphatic hydroxyl groups excluding tert-OH is 1. The second-order valence-electron chi connectivity index (χ2n) is 17.9. The summed E-state index contributed by atoms with van der Waals surface area (Å²) in [7, 11) is 8.06. The minimum absolute atomic E-state index is 0.0169. The molecule has 5 N–H and O–H groups in total. The first-order valence-corrected chi connectivity index (χ1v) is 21.5. The van der Waals surface area contributed by atoms with Crippen molar-refractivity contribution in [3.8, 4) is 11.5 Å². The summed E-state index contributed by atoms with van der Waals surface area (Å²) in [6, 6.07) is 8.67. The Kier molecular flexibility index (Phi) is 23.9. The molecule has 0 bridgehead atoms. The zero-order valence-corrected chi connectivity index (χ0v) is 39.6. The van der Waals surface area contributed by atoms with Crippen molar-refractivity contribution in [2.24, 2.45) is 11.8 Å². The van der Waals surface area contributed by atoms with Crippen molar-refractivity contribution >= 4 is 35.6 Å². The number of quaternary nitrogens is 1. The fourth-order valence-corrected chi connectivity index (χ4v) is 6.88. The Morgan fingerprint density at radius 1 is 0.844 bits per heavy atom. The van der Waals surface area contributed by atoms with Gasteiger partial charge in [0.15, 0.2) is 0 Å². The molecule has 3 heterocycles. The van der Waals surface area contributed by atoms with Crippen molar-refractivity contribution in [1.82, 2.24) is 14.7 Å². The van der Waals surface area contributed by atoms with Gasteiger partial charge in [-0.15, -0.1) is 13.2 Å². The molecule has 4 unspecified atom stereocenters. The quantitative estimate of drug-likeness (QED) is 0.0599. The lowest BCUT2D eigenvalue weighted by Crippen LogP contribution is -2.46. The van der Waals surface area contributed by atoms with Gasteiger partial charge in [-0.25, -0.2) is 9.59 Å². The molecule has 0 aliphatic carbocycles. The minimum atomic E-state index is -1.17. The van der Waals surface area contributed by atoms with E-state index in [2.05, 4.69) is 29.7 Å². The number of carboxylic acid groups (broad SMARTS) is 2. The van der Waals surface area contributed by atoms with Gasteiger partial charge in [0.05, 0.1) is 38.0 Å². The average Bonchev–Trinajstić information content (AvgIpc) is 3.84. The van der Waals surface area contributed by atoms with Crippen LogP contribution in [0.25, 0.3) is 0 Å². The number of benzene rings is 2. The summed E-state index contributed by atoms with van der Waals surface area (Å²) in [5.74, 6) is -3.44. The first-order valence-electron chi connectivity index (χ1n) is 21.5. The van der Waals surface area contributed by atoms with Crippen LogP contribution in [0, 0.1) is 25.7 Å². The fourth-order valence-electron chi connectivity index (χ4n) is 6.88. The lowest BCUT2D eigenvalue weighted by atomic mass is 10.00. The number of carboxylic acids is 2. The molecular formula is C48H73N4O12+. The molecule has 3 fully saturated rings. The van der Waals surface area contributed by atoms with Gasteiger partial charge in [0.1, 0.15) is 24.0 Å². The van der Waals surface area contributed by atoms with Gasteiger partial charge in [0.2, 0.25) is 36.3 Å². The van der Waals surface area contributed by atoms with Crippen LogP contribution in [0.5, 0.6) is 11.5 Å². The Morgan fingerprint density at radius 2 is 1.27 bits per heavy atom. The number of phenols is 1. The Labute approximate surface area is 379 Å². The second-order valence-corrected chi connectivity index (χ2v) is 17.9. The third kappa shape index (κ3) is 21.8. The SMILES string of the molecule is C=C(C)CC1CC(=O)N(CCCN(C)C)C1=O.C=C(C)CC1CC(=O)N(CCC[N+](C)(C)CC(C)O)C1=O.CC1C[OH+]1.Cc1ccc(C(=O)O)c(O)c1.Cc1ccc(C(=O)O)c([O-])c1. The summed E-state index contributed by atoms with van der Waals surface area (Å²) in [6.07, 6.45) is 3.86. The van der Waals surface area contributed by atoms with Gasteiger partial charge in [-0.2, -0.15) is 0 Å². The molecule has 3 aliphatic rings. The molecule has 5 rings (SSSR count). The van der Waals surface area contributed by atoms with Crippen molar-refractivity contribution in [2.75, 3.05) is 67.5 Å². The number of aromatic hydroxyl groups is 1. The molecule has 3 aliphatic heterocycles. The van der Waals surface area contributed by atoms with E-state index >= 15 is 0 Å². The molecule has 64 heavy (non-hydrogen) atoms. The standard InChI is InChI=1S/C16H29N2O3.C13H22N2O2.2C8H8O3.C3H6O/c1-12(2)9-14-10-15(20)17(16(14)21)7-6-8-18(4,5)11-13(3)19;1-10(2)8-11-9-12(16)15(13(11)17)7-5-6-14(3)4;2*1-5-2-3-6(8(10)11)7(9)4-5;1-3-2-4-3/h13-14,19H,1,6-11H2,2-5H3;11H,1,5-9H2,2-4H3;2*2-4,9H,1H3,(H,10,11);3H,2H2,1H3/q+1;;;;. The molecule has 16 nitrogen and oxygen atoms in total. The minimum Gasteiger partial charge on any atom is -0.872 e. The van der Waals surface area contributed by atoms with E-state index in [1.807, 2.05) is 42.0 Å². The van der Waals surface area contributed by atoms with Crippen LogP contribution in [-0.4, -0.2) is 160 Å². The second kappa shape index (κ2) is 27.0. The Hall–Kier alpha value is -5.42. The molecule has 0 saturated carbocycles. The van der Waals surface area contributed by atoms with E-state index in [0.717, 1.165) is 54.8 Å². The largest absolute Gasteiger partial charge is 0.872 e. The molecule has 3 saturated heterocycles. The maximum absolute atomic E-state index is 12.2. The number of epoxide rings is 1. The van der Waals surface area contributed by atoms with E-state index in [9.17, 15) is 39.0 Å². The topological polar surface area (TPSA) is 229 Å². The van der Waals surface area contributed by atoms with Crippen LogP contribution in [0.1, 0.15) is 98.1 Å². The first-order chi connectivity index (χ1) is 29.6. The number of amides is 4. The van der Waals surface area contributed by atoms with E-state index in [-0.39, 0.29) is 58.4 Å². The zero-order valence-electron chi connectivity index (χ0n) is 39.6. The number of ether oxygens (including phenoxy) is 1. The predicted molar refractivity (Wildman–Crippen MR) is 244 cm³/mol. The van der Waals surface area contributed by atoms with Gasteiger partial charge in [0, 0.05) is 39.3 Å². The lowest BCUT2D eigenvalue weighted by Gasteiger charge is -2.31. The number of rotatable bonds is 16. The number of aryl methyl sites for hydroxylation is 2. The smallest absolute Gasteiger partial charge is 0.339 e. The van der Waals surface area contributed by atoms with Crippen LogP contribution in [0.2, 0.25) is 0 Å². The third-order valence-electron chi connectivity index (χ3n) is 10.1. The van der Waals surface area contributed by atoms with Gasteiger partial charge < -0.3 is 39.7 Å². The number of carbonyl (C=O) groups excluding carboxylic acids is 4. The number of hydrogen-bond donors (Lipinski definition) is 4. The third-order valence-corrected chi connectivity index (χ3v) is 10.1. The van der Waals surface area contributed by atoms with E-state index < -0.39 is 17.7 Å². The van der Waals surface area contributed by atoms with Crippen molar-refractivity contribution in [3.05, 3.63) is 83.0 Å². The van der Waals surface area contributed by atoms with Crippen molar-refractivity contribution < 1.29 is 63.5 Å². The predicted octanol–water partition coefficient (Wildman–Crippen LogP) is 4.54. The number of aromatic carboxylic acids is 2. The lowest BCUT2D eigenvalue weighted by molar-refractivity contribution is -0.893. The summed E-state index contributed by atoms with van der Waals surface area (Å²) >= 11 is 0. The molecule has 16 heteroatoms. The number of allylic oxidation sites excluding steroid dienone is 2. The molecule has 0 radical (unpaired) electrons. The van der Waals surface area contributed by atoms with Gasteiger partial charge in [-0.3, -0.25) is 29.0 Å². The van der Waals surface area contributed by atoms with Crippen LogP contribution in [0.4, 0.5) is 0 Å². The highest BCUT2D eigenvalue weighted by molar-refractivity contribution is 6.04. The highest BCUT2D eigenvalue weighted by Gasteiger charge is 2.39. The van der Waals surface area contributed by atoms with Crippen molar-refractivity contribution in [3.63, 3.8) is 0 Å². The van der Waals surface area contributed by atoms with Gasteiger partial charge in [0.25, 0.3) is 0 Å². The highest BCUT2D eigenvalue weighted by Crippen LogP contribution is 2.26. The zero-order chi connectivity index (χ0) is 49.1. The Balaban J connectivity index is 0.000000426. The van der Waals surface area contributed by atoms with E-state index in [4.69, 9.17) is 15.3 Å². The van der Waals surface area contributed by atoms with Gasteiger partial charge in [-0.1, -0.05) is 40.7 Å². The fraction of sp³-hybridized carbons (Fsp3) is 0.542. The average molecular weight is 898 g/mol. The Bertz CT molecular complexity index is 1880. The van der Waals surface area contributed by atoms with Gasteiger partial charge >= 0.3 is 11.9 Å². The number of imide groups is 2. The van der Waals surface area contributed by atoms with Crippen molar-refractivity contribution in [1.29, 1.82) is 0 Å². The van der Waals surface area contributed by atoms with E-state index in [1.165, 1.54) is 34.1 Å². The molecular weight excluding hydrogens is 825 g/mol. The van der Waals surface area contributed by atoms with Crippen molar-refractivity contribution in [2.45, 2.75) is 92.3 Å². The van der Waals surface area contributed by atoms with Crippen LogP contribution < -0.4 is 5.11 Å². The van der Waals surface area contributed by atoms with Crippen LogP contribution >= 0.6 is 0 Å². The summed E-state index contributed by atoms with van der Waals surface area (Å²) in [6.45, 7) is 23.3. The molecule has 0 spiro atoms. The number of carbonyl (C=O) groups is 6. The number of hydrogen-bond acceptors (Lipinski definition) is 10. The van der Waals surface area contributed by atoms with E-state index in [0.29, 0.717) is 55.9 Å². The molecule has 4 amide bonds. The summed E-state index contributed by atoms with van der Waals surface area (Å²) in [4.78, 5) is 73.4. The number of likely N-dealkylation sites (N-methyl/N-ethyl adjacent to an activating group) is 1. The summed E-state index contributed by atoms with van der Waals surface area (Å²) in [5, 5.41) is 46.4. The highest BCUT2D eigenvalue weighted by atomic mass is 16.6. The summed E-state index contributed by atoms with van der Waals surface area (Å²) < 4.78 is 4.59.